The molecule has 0 radical (unpaired) electrons. The van der Waals surface area contributed by atoms with E-state index in [-0.39, 0.29) is 12.1 Å². The lowest BCUT2D eigenvalue weighted by atomic mass is 10.1. The van der Waals surface area contributed by atoms with Crippen molar-refractivity contribution >= 4 is 17.1 Å². The van der Waals surface area contributed by atoms with Crippen LogP contribution in [0.4, 0.5) is 4.79 Å². The zero-order valence-electron chi connectivity index (χ0n) is 12.4. The van der Waals surface area contributed by atoms with Crippen molar-refractivity contribution in [1.82, 2.24) is 20.2 Å². The number of hydrogen-bond acceptors (Lipinski definition) is 3. The van der Waals surface area contributed by atoms with E-state index in [1.54, 1.807) is 0 Å². The number of nitrogens with two attached hydrogens (primary N) is 1. The van der Waals surface area contributed by atoms with Gasteiger partial charge in [-0.05, 0) is 23.6 Å². The predicted molar refractivity (Wildman–Crippen MR) is 81.6 cm³/mol. The number of fused-ring (bicyclic) bond motifs is 1. The number of aromatic nitrogens is 2. The molecule has 2 aromatic rings. The molecule has 1 saturated heterocycles. The summed E-state index contributed by atoms with van der Waals surface area (Å²) in [5.74, 6) is 1.22. The first-order chi connectivity index (χ1) is 10.1. The van der Waals surface area contributed by atoms with Gasteiger partial charge >= 0.3 is 6.03 Å². The first-order valence-electron chi connectivity index (χ1n) is 7.30. The van der Waals surface area contributed by atoms with Gasteiger partial charge in [0.2, 0.25) is 0 Å². The van der Waals surface area contributed by atoms with Gasteiger partial charge in [-0.25, -0.2) is 9.78 Å². The van der Waals surface area contributed by atoms with Crippen molar-refractivity contribution in [3.05, 3.63) is 29.6 Å². The molecule has 6 nitrogen and oxygen atoms in total. The molecule has 0 bridgehead atoms. The number of carbonyl (C=O) groups excluding carboxylic acids is 1. The number of benzene rings is 1. The topological polar surface area (TPSA) is 87.0 Å². The van der Waals surface area contributed by atoms with Gasteiger partial charge in [0.05, 0.1) is 23.6 Å². The van der Waals surface area contributed by atoms with Crippen molar-refractivity contribution in [2.24, 2.45) is 11.7 Å². The van der Waals surface area contributed by atoms with E-state index in [1.807, 2.05) is 23.1 Å². The van der Waals surface area contributed by atoms with E-state index in [9.17, 15) is 4.79 Å². The molecule has 21 heavy (non-hydrogen) atoms. The molecule has 0 aliphatic carbocycles. The van der Waals surface area contributed by atoms with Crippen molar-refractivity contribution < 1.29 is 4.79 Å². The Kier molecular flexibility index (Phi) is 3.55. The molecule has 4 N–H and O–H groups in total. The minimum absolute atomic E-state index is 0.0149. The Hall–Kier alpha value is -2.08. The smallest absolute Gasteiger partial charge is 0.318 e. The molecule has 2 heterocycles. The van der Waals surface area contributed by atoms with E-state index in [0.29, 0.717) is 19.0 Å². The maximum atomic E-state index is 12.0. The van der Waals surface area contributed by atoms with Crippen LogP contribution in [0.15, 0.2) is 18.2 Å². The van der Waals surface area contributed by atoms with E-state index in [2.05, 4.69) is 29.1 Å². The quantitative estimate of drug-likeness (QED) is 0.797. The van der Waals surface area contributed by atoms with Gasteiger partial charge in [0.1, 0.15) is 5.82 Å². The molecule has 6 heteroatoms. The lowest BCUT2D eigenvalue weighted by molar-refractivity contribution is 0.215. The minimum atomic E-state index is 0.0149. The van der Waals surface area contributed by atoms with Crippen molar-refractivity contribution in [1.29, 1.82) is 0 Å². The Bertz CT molecular complexity index is 663. The fourth-order valence-corrected chi connectivity index (χ4v) is 2.65. The van der Waals surface area contributed by atoms with Gasteiger partial charge in [0.25, 0.3) is 0 Å². The lowest BCUT2D eigenvalue weighted by Gasteiger charge is -2.16. The maximum Gasteiger partial charge on any atom is 0.318 e. The molecule has 112 valence electrons. The molecule has 1 fully saturated rings. The highest BCUT2D eigenvalue weighted by atomic mass is 16.2. The van der Waals surface area contributed by atoms with Gasteiger partial charge in [-0.1, -0.05) is 19.9 Å². The molecule has 0 saturated carbocycles. The number of urea groups is 1. The Labute approximate surface area is 123 Å². The SMILES string of the molecule is CC(C)C1CN(Cc2ccc3nc(CN)[nH]c3c2)C(=O)N1. The van der Waals surface area contributed by atoms with Gasteiger partial charge in [0.15, 0.2) is 0 Å². The number of hydrogen-bond donors (Lipinski definition) is 3. The summed E-state index contributed by atoms with van der Waals surface area (Å²) >= 11 is 0. The number of aromatic amines is 1. The summed E-state index contributed by atoms with van der Waals surface area (Å²) in [7, 11) is 0. The van der Waals surface area contributed by atoms with E-state index >= 15 is 0 Å². The van der Waals surface area contributed by atoms with Crippen LogP contribution in [-0.2, 0) is 13.1 Å². The second-order valence-electron chi connectivity index (χ2n) is 5.92. The zero-order valence-corrected chi connectivity index (χ0v) is 12.4. The monoisotopic (exact) mass is 287 g/mol. The third kappa shape index (κ3) is 2.71. The van der Waals surface area contributed by atoms with Crippen molar-refractivity contribution in [2.75, 3.05) is 6.54 Å². The number of amides is 2. The highest BCUT2D eigenvalue weighted by Gasteiger charge is 2.30. The molecule has 1 aromatic carbocycles. The molecule has 1 aromatic heterocycles. The predicted octanol–water partition coefficient (Wildman–Crippen LogP) is 1.57. The largest absolute Gasteiger partial charge is 0.341 e. The number of carbonyl (C=O) groups is 1. The lowest BCUT2D eigenvalue weighted by Crippen LogP contribution is -2.31. The van der Waals surface area contributed by atoms with Crippen molar-refractivity contribution in [2.45, 2.75) is 33.0 Å². The first-order valence-corrected chi connectivity index (χ1v) is 7.30. The molecular formula is C15H21N5O. The Morgan fingerprint density at radius 2 is 2.29 bits per heavy atom. The van der Waals surface area contributed by atoms with Crippen LogP contribution in [0.25, 0.3) is 11.0 Å². The summed E-state index contributed by atoms with van der Waals surface area (Å²) in [6, 6.07) is 6.27. The molecule has 1 unspecified atom stereocenters. The molecule has 0 spiro atoms. The zero-order chi connectivity index (χ0) is 15.0. The van der Waals surface area contributed by atoms with E-state index in [0.717, 1.165) is 29.0 Å². The summed E-state index contributed by atoms with van der Waals surface area (Å²) in [5, 5.41) is 3.02. The number of H-pyrrole nitrogens is 1. The molecule has 3 rings (SSSR count). The van der Waals surface area contributed by atoms with Crippen LogP contribution >= 0.6 is 0 Å². The van der Waals surface area contributed by atoms with E-state index in [1.165, 1.54) is 0 Å². The molecule has 1 aliphatic rings. The number of imidazole rings is 1. The van der Waals surface area contributed by atoms with Crippen molar-refractivity contribution in [3.63, 3.8) is 0 Å². The van der Waals surface area contributed by atoms with E-state index in [4.69, 9.17) is 5.73 Å². The van der Waals surface area contributed by atoms with Crippen LogP contribution in [-0.4, -0.2) is 33.5 Å². The third-order valence-electron chi connectivity index (χ3n) is 3.98. The number of nitrogens with zero attached hydrogens (tertiary/aromatic N) is 2. The number of nitrogens with one attached hydrogen (secondary N) is 2. The first kappa shape index (κ1) is 13.9. The summed E-state index contributed by atoms with van der Waals surface area (Å²) in [5.41, 5.74) is 8.56. The average Bonchev–Trinajstić information content (AvgIpc) is 3.02. The highest BCUT2D eigenvalue weighted by Crippen LogP contribution is 2.18. The standard InChI is InChI=1S/C15H21N5O/c1-9(2)13-8-20(15(21)19-13)7-10-3-4-11-12(5-10)18-14(6-16)17-11/h3-5,9,13H,6-8,16H2,1-2H3,(H,17,18)(H,19,21). The van der Waals surface area contributed by atoms with Crippen molar-refractivity contribution in [3.8, 4) is 0 Å². The summed E-state index contributed by atoms with van der Waals surface area (Å²) in [6.45, 7) is 6.01. The van der Waals surface area contributed by atoms with Crippen LogP contribution in [0.2, 0.25) is 0 Å². The van der Waals surface area contributed by atoms with Crippen LogP contribution in [0.1, 0.15) is 25.2 Å². The fourth-order valence-electron chi connectivity index (χ4n) is 2.65. The van der Waals surface area contributed by atoms with Gasteiger partial charge in [-0.2, -0.15) is 0 Å². The van der Waals surface area contributed by atoms with E-state index < -0.39 is 0 Å². The van der Waals surface area contributed by atoms with Crippen LogP contribution < -0.4 is 11.1 Å². The third-order valence-corrected chi connectivity index (χ3v) is 3.98. The second kappa shape index (κ2) is 5.37. The fraction of sp³-hybridized carbons (Fsp3) is 0.467. The van der Waals surface area contributed by atoms with Crippen LogP contribution in [0.3, 0.4) is 0 Å². The summed E-state index contributed by atoms with van der Waals surface area (Å²) < 4.78 is 0. The van der Waals surface area contributed by atoms with Gasteiger partial charge < -0.3 is 20.9 Å². The minimum Gasteiger partial charge on any atom is -0.341 e. The van der Waals surface area contributed by atoms with Gasteiger partial charge in [0, 0.05) is 13.1 Å². The van der Waals surface area contributed by atoms with Gasteiger partial charge in [-0.3, -0.25) is 0 Å². The second-order valence-corrected chi connectivity index (χ2v) is 5.92. The Morgan fingerprint density at radius 3 is 2.95 bits per heavy atom. The van der Waals surface area contributed by atoms with Gasteiger partial charge in [-0.15, -0.1) is 0 Å². The molecular weight excluding hydrogens is 266 g/mol. The van der Waals surface area contributed by atoms with Crippen LogP contribution in [0.5, 0.6) is 0 Å². The molecule has 1 aliphatic heterocycles. The Morgan fingerprint density at radius 1 is 1.48 bits per heavy atom. The number of rotatable bonds is 4. The highest BCUT2D eigenvalue weighted by molar-refractivity contribution is 5.78. The normalized spacial score (nSPS) is 18.8. The molecule has 2 amide bonds. The summed E-state index contributed by atoms with van der Waals surface area (Å²) in [4.78, 5) is 21.4. The van der Waals surface area contributed by atoms with Crippen LogP contribution in [0, 0.1) is 5.92 Å². The molecule has 1 atom stereocenters. The summed E-state index contributed by atoms with van der Waals surface area (Å²) in [6.07, 6.45) is 0. The average molecular weight is 287 g/mol. The Balaban J connectivity index is 1.77. The maximum absolute atomic E-state index is 12.0.